The summed E-state index contributed by atoms with van der Waals surface area (Å²) in [6.45, 7) is 3.40. The lowest BCUT2D eigenvalue weighted by Gasteiger charge is -2.32. The fourth-order valence-corrected chi connectivity index (χ4v) is 3.98. The van der Waals surface area contributed by atoms with Crippen molar-refractivity contribution in [1.82, 2.24) is 10.2 Å². The van der Waals surface area contributed by atoms with E-state index in [-0.39, 0.29) is 36.7 Å². The summed E-state index contributed by atoms with van der Waals surface area (Å²) in [5, 5.41) is 3.13. The van der Waals surface area contributed by atoms with Gasteiger partial charge in [-0.25, -0.2) is 0 Å². The van der Waals surface area contributed by atoms with E-state index in [2.05, 4.69) is 5.32 Å². The first-order valence-electron chi connectivity index (χ1n) is 10.3. The van der Waals surface area contributed by atoms with Crippen LogP contribution in [0, 0.1) is 5.92 Å². The molecule has 2 aliphatic rings. The van der Waals surface area contributed by atoms with Gasteiger partial charge in [-0.15, -0.1) is 0 Å². The maximum atomic E-state index is 12.2. The van der Waals surface area contributed by atoms with Gasteiger partial charge in [0.25, 0.3) is 0 Å². The van der Waals surface area contributed by atoms with Crippen LogP contribution in [0.3, 0.4) is 0 Å². The van der Waals surface area contributed by atoms with E-state index >= 15 is 0 Å². The number of hydrogen-bond acceptors (Lipinski definition) is 4. The molecule has 1 aliphatic heterocycles. The predicted octanol–water partition coefficient (Wildman–Crippen LogP) is 2.80. The SMILES string of the molecule is CCOC(=O)CCC(=O)N1CCC(NC(=O)CCC2CCCCC2)CC1. The standard InChI is InChI=1S/C20H34N2O4/c1-2-26-20(25)11-10-19(24)22-14-12-17(13-15-22)21-18(23)9-8-16-6-4-3-5-7-16/h16-17H,2-15H2,1H3,(H,21,23). The maximum absolute atomic E-state index is 12.2. The monoisotopic (exact) mass is 366 g/mol. The fraction of sp³-hybridized carbons (Fsp3) is 0.850. The normalized spacial score (nSPS) is 19.2. The number of amides is 2. The molecule has 6 heteroatoms. The largest absolute Gasteiger partial charge is 0.466 e. The van der Waals surface area contributed by atoms with Gasteiger partial charge in [0.1, 0.15) is 0 Å². The van der Waals surface area contributed by atoms with Crippen molar-refractivity contribution in [2.45, 2.75) is 83.6 Å². The van der Waals surface area contributed by atoms with Crippen LogP contribution < -0.4 is 5.32 Å². The minimum Gasteiger partial charge on any atom is -0.466 e. The van der Waals surface area contributed by atoms with E-state index in [1.54, 1.807) is 11.8 Å². The first-order chi connectivity index (χ1) is 12.6. The number of hydrogen-bond donors (Lipinski definition) is 1. The van der Waals surface area contributed by atoms with Crippen molar-refractivity contribution in [2.75, 3.05) is 19.7 Å². The minimum absolute atomic E-state index is 0.000119. The van der Waals surface area contributed by atoms with Crippen LogP contribution in [0.25, 0.3) is 0 Å². The van der Waals surface area contributed by atoms with E-state index in [0.29, 0.717) is 26.1 Å². The topological polar surface area (TPSA) is 75.7 Å². The molecule has 1 aliphatic carbocycles. The molecular formula is C20H34N2O4. The summed E-state index contributed by atoms with van der Waals surface area (Å²) in [4.78, 5) is 37.4. The van der Waals surface area contributed by atoms with E-state index in [9.17, 15) is 14.4 Å². The van der Waals surface area contributed by atoms with Crippen LogP contribution in [0.2, 0.25) is 0 Å². The van der Waals surface area contributed by atoms with E-state index in [1.807, 2.05) is 0 Å². The predicted molar refractivity (Wildman–Crippen MR) is 99.4 cm³/mol. The molecule has 2 fully saturated rings. The Kier molecular flexibility index (Phi) is 8.92. The average Bonchev–Trinajstić information content (AvgIpc) is 2.66. The Morgan fingerprint density at radius 3 is 2.31 bits per heavy atom. The van der Waals surface area contributed by atoms with Gasteiger partial charge in [0.2, 0.25) is 11.8 Å². The Hall–Kier alpha value is -1.59. The van der Waals surface area contributed by atoms with Crippen molar-refractivity contribution in [3.63, 3.8) is 0 Å². The van der Waals surface area contributed by atoms with Crippen molar-refractivity contribution in [1.29, 1.82) is 0 Å². The number of likely N-dealkylation sites (tertiary alicyclic amines) is 1. The molecule has 0 aromatic rings. The number of piperidine rings is 1. The molecule has 148 valence electrons. The van der Waals surface area contributed by atoms with Gasteiger partial charge in [0, 0.05) is 32.0 Å². The van der Waals surface area contributed by atoms with E-state index < -0.39 is 0 Å². The first-order valence-corrected chi connectivity index (χ1v) is 10.3. The van der Waals surface area contributed by atoms with Gasteiger partial charge in [-0.3, -0.25) is 14.4 Å². The van der Waals surface area contributed by atoms with Gasteiger partial charge < -0.3 is 15.0 Å². The highest BCUT2D eigenvalue weighted by Crippen LogP contribution is 2.27. The Bertz CT molecular complexity index is 466. The lowest BCUT2D eigenvalue weighted by Crippen LogP contribution is -2.46. The third-order valence-electron chi connectivity index (χ3n) is 5.57. The molecule has 2 amide bonds. The lowest BCUT2D eigenvalue weighted by atomic mass is 9.86. The molecule has 0 spiro atoms. The fourth-order valence-electron chi connectivity index (χ4n) is 3.98. The summed E-state index contributed by atoms with van der Waals surface area (Å²) in [5.41, 5.74) is 0. The molecule has 2 rings (SSSR count). The highest BCUT2D eigenvalue weighted by molar-refractivity contribution is 5.81. The van der Waals surface area contributed by atoms with Crippen LogP contribution in [0.1, 0.15) is 77.6 Å². The molecule has 0 aromatic carbocycles. The van der Waals surface area contributed by atoms with Gasteiger partial charge >= 0.3 is 5.97 Å². The van der Waals surface area contributed by atoms with Crippen molar-refractivity contribution < 1.29 is 19.1 Å². The van der Waals surface area contributed by atoms with Crippen molar-refractivity contribution in [3.05, 3.63) is 0 Å². The molecule has 0 atom stereocenters. The Morgan fingerprint density at radius 1 is 0.962 bits per heavy atom. The second-order valence-corrected chi connectivity index (χ2v) is 7.57. The van der Waals surface area contributed by atoms with Crippen molar-refractivity contribution >= 4 is 17.8 Å². The smallest absolute Gasteiger partial charge is 0.306 e. The highest BCUT2D eigenvalue weighted by Gasteiger charge is 2.24. The van der Waals surface area contributed by atoms with Gasteiger partial charge in [0.15, 0.2) is 0 Å². The Labute approximate surface area is 157 Å². The maximum Gasteiger partial charge on any atom is 0.306 e. The van der Waals surface area contributed by atoms with Crippen LogP contribution in [0.15, 0.2) is 0 Å². The highest BCUT2D eigenvalue weighted by atomic mass is 16.5. The van der Waals surface area contributed by atoms with Crippen LogP contribution in [-0.4, -0.2) is 48.4 Å². The molecular weight excluding hydrogens is 332 g/mol. The zero-order valence-corrected chi connectivity index (χ0v) is 16.1. The molecule has 0 bridgehead atoms. The molecule has 6 nitrogen and oxygen atoms in total. The molecule has 0 unspecified atom stereocenters. The van der Waals surface area contributed by atoms with E-state index in [0.717, 1.165) is 25.2 Å². The molecule has 1 saturated heterocycles. The van der Waals surface area contributed by atoms with Gasteiger partial charge in [0.05, 0.1) is 13.0 Å². The second-order valence-electron chi connectivity index (χ2n) is 7.57. The number of esters is 1. The second kappa shape index (κ2) is 11.2. The number of nitrogens with zero attached hydrogens (tertiary/aromatic N) is 1. The average molecular weight is 367 g/mol. The third kappa shape index (κ3) is 7.34. The molecule has 0 aromatic heterocycles. The third-order valence-corrected chi connectivity index (χ3v) is 5.57. The van der Waals surface area contributed by atoms with E-state index in [1.165, 1.54) is 32.1 Å². The molecule has 1 heterocycles. The molecule has 0 radical (unpaired) electrons. The summed E-state index contributed by atoms with van der Waals surface area (Å²) in [6, 6.07) is 0.169. The number of nitrogens with one attached hydrogen (secondary N) is 1. The zero-order valence-electron chi connectivity index (χ0n) is 16.1. The lowest BCUT2D eigenvalue weighted by molar-refractivity contribution is -0.146. The van der Waals surface area contributed by atoms with Crippen LogP contribution in [0.4, 0.5) is 0 Å². The number of ether oxygens (including phenoxy) is 1. The van der Waals surface area contributed by atoms with Gasteiger partial charge in [-0.1, -0.05) is 32.1 Å². The Morgan fingerprint density at radius 2 is 1.65 bits per heavy atom. The summed E-state index contributed by atoms with van der Waals surface area (Å²) in [6.07, 6.45) is 10.1. The summed E-state index contributed by atoms with van der Waals surface area (Å²) in [7, 11) is 0. The number of carbonyl (C=O) groups is 3. The van der Waals surface area contributed by atoms with E-state index in [4.69, 9.17) is 4.74 Å². The number of rotatable bonds is 8. The summed E-state index contributed by atoms with van der Waals surface area (Å²) < 4.78 is 4.85. The van der Waals surface area contributed by atoms with Crippen LogP contribution in [-0.2, 0) is 19.1 Å². The van der Waals surface area contributed by atoms with Crippen molar-refractivity contribution in [2.24, 2.45) is 5.92 Å². The minimum atomic E-state index is -0.319. The molecule has 1 saturated carbocycles. The molecule has 1 N–H and O–H groups in total. The van der Waals surface area contributed by atoms with Crippen LogP contribution in [0.5, 0.6) is 0 Å². The molecule has 26 heavy (non-hydrogen) atoms. The summed E-state index contributed by atoms with van der Waals surface area (Å²) >= 11 is 0. The van der Waals surface area contributed by atoms with Gasteiger partial charge in [-0.05, 0) is 32.1 Å². The van der Waals surface area contributed by atoms with Crippen molar-refractivity contribution in [3.8, 4) is 0 Å². The first kappa shape index (κ1) is 20.7. The van der Waals surface area contributed by atoms with Crippen LogP contribution >= 0.6 is 0 Å². The van der Waals surface area contributed by atoms with Gasteiger partial charge in [-0.2, -0.15) is 0 Å². The Balaban J connectivity index is 1.59. The summed E-state index contributed by atoms with van der Waals surface area (Å²) in [5.74, 6) is 0.567. The number of carbonyl (C=O) groups excluding carboxylic acids is 3. The quantitative estimate of drug-likeness (QED) is 0.670. The zero-order chi connectivity index (χ0) is 18.8.